The minimum absolute atomic E-state index is 0.413. The van der Waals surface area contributed by atoms with Gasteiger partial charge in [0, 0.05) is 17.1 Å². The van der Waals surface area contributed by atoms with Crippen LogP contribution in [0.15, 0.2) is 24.3 Å². The second kappa shape index (κ2) is 6.61. The number of hydrogen-bond donors (Lipinski definition) is 2. The van der Waals surface area contributed by atoms with Gasteiger partial charge in [0.05, 0.1) is 10.7 Å². The first-order valence-corrected chi connectivity index (χ1v) is 8.46. The molecular weight excluding hydrogens is 360 g/mol. The molecule has 0 aliphatic carbocycles. The molecule has 0 aliphatic rings. The zero-order chi connectivity index (χ0) is 15.5. The third-order valence-corrected chi connectivity index (χ3v) is 4.78. The first-order valence-electron chi connectivity index (χ1n) is 6.09. The highest BCUT2D eigenvalue weighted by Gasteiger charge is 2.11. The highest BCUT2D eigenvalue weighted by Crippen LogP contribution is 2.31. The molecular formula is C12H9ClN6S3. The van der Waals surface area contributed by atoms with Gasteiger partial charge in [-0.15, -0.1) is 15.3 Å². The number of thiocarbonyl (C=S) groups is 1. The Morgan fingerprint density at radius 2 is 2.00 bits per heavy atom. The van der Waals surface area contributed by atoms with Crippen LogP contribution in [0.25, 0.3) is 10.6 Å². The molecule has 2 N–H and O–H groups in total. The van der Waals surface area contributed by atoms with Gasteiger partial charge in [0.2, 0.25) is 5.13 Å². The van der Waals surface area contributed by atoms with E-state index in [4.69, 9.17) is 23.8 Å². The van der Waals surface area contributed by atoms with Crippen molar-refractivity contribution in [2.75, 3.05) is 10.6 Å². The number of anilines is 2. The van der Waals surface area contributed by atoms with E-state index in [2.05, 4.69) is 30.4 Å². The maximum Gasteiger partial charge on any atom is 0.212 e. The number of hydrogen-bond acceptors (Lipinski definition) is 7. The van der Waals surface area contributed by atoms with Gasteiger partial charge in [-0.25, -0.2) is 0 Å². The summed E-state index contributed by atoms with van der Waals surface area (Å²) in [6.45, 7) is 1.86. The van der Waals surface area contributed by atoms with Crippen LogP contribution in [-0.4, -0.2) is 24.9 Å². The van der Waals surface area contributed by atoms with Crippen molar-refractivity contribution in [3.8, 4) is 10.6 Å². The van der Waals surface area contributed by atoms with E-state index in [9.17, 15) is 0 Å². The van der Waals surface area contributed by atoms with Crippen molar-refractivity contribution in [2.24, 2.45) is 0 Å². The van der Waals surface area contributed by atoms with Crippen LogP contribution in [0.4, 0.5) is 10.1 Å². The van der Waals surface area contributed by atoms with Crippen molar-refractivity contribution < 1.29 is 0 Å². The zero-order valence-electron chi connectivity index (χ0n) is 11.2. The van der Waals surface area contributed by atoms with Gasteiger partial charge < -0.3 is 10.6 Å². The molecule has 1 aromatic carbocycles. The molecule has 10 heteroatoms. The van der Waals surface area contributed by atoms with E-state index >= 15 is 0 Å². The Morgan fingerprint density at radius 1 is 1.18 bits per heavy atom. The number of nitrogens with zero attached hydrogens (tertiary/aromatic N) is 4. The van der Waals surface area contributed by atoms with Gasteiger partial charge >= 0.3 is 0 Å². The smallest absolute Gasteiger partial charge is 0.212 e. The van der Waals surface area contributed by atoms with E-state index in [1.54, 1.807) is 0 Å². The minimum Gasteiger partial charge on any atom is -0.321 e. The first-order chi connectivity index (χ1) is 10.6. The number of benzene rings is 1. The quantitative estimate of drug-likeness (QED) is 0.680. The second-order valence-corrected chi connectivity index (χ2v) is 6.71. The number of halogens is 1. The predicted molar refractivity (Wildman–Crippen MR) is 94.8 cm³/mol. The molecule has 22 heavy (non-hydrogen) atoms. The van der Waals surface area contributed by atoms with E-state index in [1.165, 1.54) is 22.9 Å². The van der Waals surface area contributed by atoms with E-state index in [1.807, 2.05) is 31.2 Å². The summed E-state index contributed by atoms with van der Waals surface area (Å²) in [4.78, 5) is 0. The fourth-order valence-electron chi connectivity index (χ4n) is 1.60. The highest BCUT2D eigenvalue weighted by molar-refractivity contribution is 7.80. The molecule has 0 saturated heterocycles. The second-order valence-electron chi connectivity index (χ2n) is 4.16. The lowest BCUT2D eigenvalue weighted by Gasteiger charge is -2.05. The summed E-state index contributed by atoms with van der Waals surface area (Å²) >= 11 is 14.0. The summed E-state index contributed by atoms with van der Waals surface area (Å²) in [5.41, 5.74) is 1.64. The van der Waals surface area contributed by atoms with E-state index in [-0.39, 0.29) is 0 Å². The molecule has 0 fully saturated rings. The van der Waals surface area contributed by atoms with Crippen LogP contribution in [0, 0.1) is 6.92 Å². The molecule has 0 radical (unpaired) electrons. The molecule has 0 atom stereocenters. The average Bonchev–Trinajstić information content (AvgIpc) is 3.10. The van der Waals surface area contributed by atoms with Gasteiger partial charge in [0.1, 0.15) is 5.00 Å². The third kappa shape index (κ3) is 3.38. The molecule has 0 spiro atoms. The third-order valence-electron chi connectivity index (χ3n) is 2.63. The molecule has 0 amide bonds. The molecule has 0 bridgehead atoms. The van der Waals surface area contributed by atoms with Crippen LogP contribution in [0.1, 0.15) is 5.69 Å². The number of aromatic nitrogens is 4. The Labute approximate surface area is 144 Å². The molecule has 0 aliphatic heterocycles. The van der Waals surface area contributed by atoms with Crippen LogP contribution >= 0.6 is 46.7 Å². The van der Waals surface area contributed by atoms with Crippen molar-refractivity contribution >= 4 is 61.9 Å². The molecule has 0 unspecified atom stereocenters. The highest BCUT2D eigenvalue weighted by atomic mass is 35.5. The Balaban J connectivity index is 1.71. The van der Waals surface area contributed by atoms with Crippen molar-refractivity contribution in [1.82, 2.24) is 19.8 Å². The summed E-state index contributed by atoms with van der Waals surface area (Å²) in [5.74, 6) is 0. The summed E-state index contributed by atoms with van der Waals surface area (Å²) in [6.07, 6.45) is 0. The topological polar surface area (TPSA) is 75.6 Å². The van der Waals surface area contributed by atoms with Crippen LogP contribution in [-0.2, 0) is 0 Å². The Hall–Kier alpha value is -1.68. The molecule has 0 saturated carbocycles. The van der Waals surface area contributed by atoms with Gasteiger partial charge in [-0.05, 0) is 25.2 Å². The van der Waals surface area contributed by atoms with Gasteiger partial charge in [-0.3, -0.25) is 0 Å². The van der Waals surface area contributed by atoms with E-state index in [0.717, 1.165) is 21.3 Å². The number of aryl methyl sites for hydroxylation is 1. The van der Waals surface area contributed by atoms with Crippen molar-refractivity contribution in [3.05, 3.63) is 35.0 Å². The Bertz CT molecular complexity index is 815. The predicted octanol–water partition coefficient (Wildman–Crippen LogP) is 3.83. The summed E-state index contributed by atoms with van der Waals surface area (Å²) < 4.78 is 3.84. The van der Waals surface area contributed by atoms with Gasteiger partial charge in [-0.1, -0.05) is 45.6 Å². The standard InChI is InChI=1S/C12H9ClN6S3/c1-6-9(22-19-16-6)14-11(20)15-12-18-17-10(21-12)7-4-2-3-5-8(7)13/h2-5H,1H3,(H2,14,15,18,20). The van der Waals surface area contributed by atoms with Crippen LogP contribution in [0.5, 0.6) is 0 Å². The van der Waals surface area contributed by atoms with Crippen molar-refractivity contribution in [2.45, 2.75) is 6.92 Å². The van der Waals surface area contributed by atoms with Crippen LogP contribution in [0.2, 0.25) is 5.02 Å². The fourth-order valence-corrected chi connectivity index (χ4v) is 3.56. The van der Waals surface area contributed by atoms with Crippen LogP contribution < -0.4 is 10.6 Å². The Kier molecular flexibility index (Phi) is 4.57. The minimum atomic E-state index is 0.413. The summed E-state index contributed by atoms with van der Waals surface area (Å²) in [5, 5.41) is 21.3. The summed E-state index contributed by atoms with van der Waals surface area (Å²) in [6, 6.07) is 7.49. The lowest BCUT2D eigenvalue weighted by molar-refractivity contribution is 1.09. The van der Waals surface area contributed by atoms with Crippen molar-refractivity contribution in [1.29, 1.82) is 0 Å². The molecule has 2 heterocycles. The van der Waals surface area contributed by atoms with Gasteiger partial charge in [0.25, 0.3) is 0 Å². The SMILES string of the molecule is Cc1nnsc1NC(=S)Nc1nnc(-c2ccccc2Cl)s1. The van der Waals surface area contributed by atoms with E-state index < -0.39 is 0 Å². The largest absolute Gasteiger partial charge is 0.321 e. The maximum atomic E-state index is 6.15. The zero-order valence-corrected chi connectivity index (χ0v) is 14.4. The first kappa shape index (κ1) is 15.2. The fraction of sp³-hybridized carbons (Fsp3) is 0.0833. The number of rotatable bonds is 3. The number of nitrogens with one attached hydrogen (secondary N) is 2. The molecule has 112 valence electrons. The maximum absolute atomic E-state index is 6.15. The monoisotopic (exact) mass is 368 g/mol. The molecule has 6 nitrogen and oxygen atoms in total. The molecule has 3 rings (SSSR count). The normalized spacial score (nSPS) is 10.5. The molecule has 3 aromatic rings. The average molecular weight is 369 g/mol. The lowest BCUT2D eigenvalue weighted by atomic mass is 10.2. The van der Waals surface area contributed by atoms with Gasteiger partial charge in [-0.2, -0.15) is 0 Å². The molecule has 2 aromatic heterocycles. The van der Waals surface area contributed by atoms with Gasteiger partial charge in [0.15, 0.2) is 10.1 Å². The van der Waals surface area contributed by atoms with Crippen molar-refractivity contribution in [3.63, 3.8) is 0 Å². The Morgan fingerprint density at radius 3 is 2.73 bits per heavy atom. The summed E-state index contributed by atoms with van der Waals surface area (Å²) in [7, 11) is 0. The van der Waals surface area contributed by atoms with E-state index in [0.29, 0.717) is 15.3 Å². The van der Waals surface area contributed by atoms with Crippen LogP contribution in [0.3, 0.4) is 0 Å². The lowest BCUT2D eigenvalue weighted by Crippen LogP contribution is -2.18.